The highest BCUT2D eigenvalue weighted by Crippen LogP contribution is 2.15. The van der Waals surface area contributed by atoms with Gasteiger partial charge in [0.25, 0.3) is 0 Å². The van der Waals surface area contributed by atoms with E-state index in [4.69, 9.17) is 0 Å². The summed E-state index contributed by atoms with van der Waals surface area (Å²) in [6.45, 7) is 3.96. The van der Waals surface area contributed by atoms with E-state index in [1.54, 1.807) is 0 Å². The molecule has 6 nitrogen and oxygen atoms in total. The molecule has 0 aliphatic rings. The second kappa shape index (κ2) is 41.4. The van der Waals surface area contributed by atoms with Gasteiger partial charge in [-0.2, -0.15) is 0 Å². The molecule has 0 saturated carbocycles. The van der Waals surface area contributed by atoms with Gasteiger partial charge in [0.2, 0.25) is 5.91 Å². The molecule has 53 heavy (non-hydrogen) atoms. The lowest BCUT2D eigenvalue weighted by molar-refractivity contribution is -0.132. The summed E-state index contributed by atoms with van der Waals surface area (Å²) >= 11 is 0. The van der Waals surface area contributed by atoms with Gasteiger partial charge in [-0.3, -0.25) is 4.79 Å². The third-order valence-electron chi connectivity index (χ3n) is 10.2. The molecule has 0 spiro atoms. The van der Waals surface area contributed by atoms with Crippen molar-refractivity contribution >= 4 is 5.91 Å². The summed E-state index contributed by atoms with van der Waals surface area (Å²) in [6.07, 6.45) is 50.4. The quantitative estimate of drug-likeness (QED) is 0.0317. The fourth-order valence-electron chi connectivity index (χ4n) is 6.59. The first kappa shape index (κ1) is 51.3. The molecule has 4 unspecified atom stereocenters. The van der Waals surface area contributed by atoms with Gasteiger partial charge in [-0.1, -0.05) is 178 Å². The Hall–Kier alpha value is -1.73. The van der Waals surface area contributed by atoms with Crippen LogP contribution in [-0.2, 0) is 4.79 Å². The lowest BCUT2D eigenvalue weighted by atomic mass is 10.00. The fraction of sp³-hybridized carbons (Fsp3) is 0.809. The molecule has 5 N–H and O–H groups in total. The predicted octanol–water partition coefficient (Wildman–Crippen LogP) is 11.9. The Balaban J connectivity index is 3.74. The molecule has 6 heteroatoms. The Morgan fingerprint density at radius 2 is 0.811 bits per heavy atom. The van der Waals surface area contributed by atoms with Crippen LogP contribution in [0.3, 0.4) is 0 Å². The molecule has 0 aromatic carbocycles. The maximum atomic E-state index is 12.4. The normalized spacial score (nSPS) is 14.6. The molecule has 4 atom stereocenters. The first-order chi connectivity index (χ1) is 26.0. The molecule has 0 aromatic heterocycles. The number of carbonyl (C=O) groups is 1. The van der Waals surface area contributed by atoms with E-state index in [2.05, 4.69) is 67.8 Å². The van der Waals surface area contributed by atoms with Gasteiger partial charge >= 0.3 is 0 Å². The number of nitrogens with one attached hydrogen (secondary N) is 1. The second-order valence-electron chi connectivity index (χ2n) is 15.4. The van der Waals surface area contributed by atoms with Crippen LogP contribution in [0, 0.1) is 0 Å². The highest BCUT2D eigenvalue weighted by atomic mass is 16.3. The molecule has 1 amide bonds. The zero-order valence-corrected chi connectivity index (χ0v) is 34.8. The first-order valence-corrected chi connectivity index (χ1v) is 22.5. The van der Waals surface area contributed by atoms with E-state index in [1.165, 1.54) is 116 Å². The summed E-state index contributed by atoms with van der Waals surface area (Å²) in [5.41, 5.74) is 0. The van der Waals surface area contributed by atoms with E-state index in [-0.39, 0.29) is 0 Å². The van der Waals surface area contributed by atoms with Crippen molar-refractivity contribution in [2.75, 3.05) is 6.61 Å². The summed E-state index contributed by atoms with van der Waals surface area (Å²) < 4.78 is 0. The van der Waals surface area contributed by atoms with Crippen LogP contribution in [0.25, 0.3) is 0 Å². The number of hydrogen-bond acceptors (Lipinski definition) is 5. The van der Waals surface area contributed by atoms with Crippen LogP contribution in [0.1, 0.15) is 213 Å². The minimum absolute atomic E-state index is 0.335. The molecular weight excluding hydrogens is 659 g/mol. The third-order valence-corrected chi connectivity index (χ3v) is 10.2. The lowest BCUT2D eigenvalue weighted by Gasteiger charge is -2.27. The third kappa shape index (κ3) is 35.7. The van der Waals surface area contributed by atoms with Crippen LogP contribution < -0.4 is 5.32 Å². The molecule has 310 valence electrons. The average molecular weight is 746 g/mol. The van der Waals surface area contributed by atoms with E-state index >= 15 is 0 Å². The largest absolute Gasteiger partial charge is 0.394 e. The summed E-state index contributed by atoms with van der Waals surface area (Å²) in [7, 11) is 0. The maximum Gasteiger partial charge on any atom is 0.249 e. The number of rotatable bonds is 40. The van der Waals surface area contributed by atoms with Crippen LogP contribution >= 0.6 is 0 Å². The molecule has 0 aromatic rings. The van der Waals surface area contributed by atoms with Gasteiger partial charge in [-0.15, -0.1) is 0 Å². The molecular formula is C47H87NO5. The minimum Gasteiger partial charge on any atom is -0.394 e. The van der Waals surface area contributed by atoms with Crippen molar-refractivity contribution in [2.24, 2.45) is 0 Å². The van der Waals surface area contributed by atoms with Crippen LogP contribution in [0.2, 0.25) is 0 Å². The second-order valence-corrected chi connectivity index (χ2v) is 15.4. The summed E-state index contributed by atoms with van der Waals surface area (Å²) in [5, 5.41) is 43.4. The topological polar surface area (TPSA) is 110 Å². The van der Waals surface area contributed by atoms with Gasteiger partial charge in [-0.25, -0.2) is 0 Å². The summed E-state index contributed by atoms with van der Waals surface area (Å²) in [6, 6.07) is -1.02. The van der Waals surface area contributed by atoms with Crippen molar-refractivity contribution in [1.29, 1.82) is 0 Å². The fourth-order valence-corrected chi connectivity index (χ4v) is 6.59. The Bertz CT molecular complexity index is 884. The van der Waals surface area contributed by atoms with E-state index in [0.717, 1.165) is 64.2 Å². The first-order valence-electron chi connectivity index (χ1n) is 22.5. The molecule has 0 aliphatic carbocycles. The van der Waals surface area contributed by atoms with Gasteiger partial charge in [0.1, 0.15) is 12.2 Å². The van der Waals surface area contributed by atoms with E-state index in [9.17, 15) is 25.2 Å². The zero-order valence-electron chi connectivity index (χ0n) is 34.8. The average Bonchev–Trinajstić information content (AvgIpc) is 3.16. The molecule has 0 bridgehead atoms. The lowest BCUT2D eigenvalue weighted by Crippen LogP contribution is -2.53. The van der Waals surface area contributed by atoms with Gasteiger partial charge < -0.3 is 25.7 Å². The standard InChI is InChI=1S/C47H87NO5/c1-3-5-7-9-11-13-14-15-16-17-18-19-20-21-22-23-24-25-26-27-28-29-30-31-33-34-36-38-40-44(50)46(52)43(42-49)48-47(53)45(51)41-39-37-35-32-12-10-8-6-4-2/h10,12,24-25,28-29,33-34,43-46,49-52H,3-9,11,13-23,26-27,30-32,35-42H2,1-2H3,(H,48,53)/b12-10-,25-24+,29-28+,34-33+. The van der Waals surface area contributed by atoms with E-state index in [0.29, 0.717) is 19.3 Å². The Morgan fingerprint density at radius 3 is 1.25 bits per heavy atom. The molecule has 0 fully saturated rings. The van der Waals surface area contributed by atoms with Crippen molar-refractivity contribution in [3.05, 3.63) is 48.6 Å². The Kier molecular flexibility index (Phi) is 40.1. The number of hydrogen-bond donors (Lipinski definition) is 5. The number of allylic oxidation sites excluding steroid dienone is 8. The van der Waals surface area contributed by atoms with Gasteiger partial charge in [0.05, 0.1) is 18.8 Å². The smallest absolute Gasteiger partial charge is 0.249 e. The summed E-state index contributed by atoms with van der Waals surface area (Å²) in [4.78, 5) is 12.4. The van der Waals surface area contributed by atoms with E-state index in [1.807, 2.05) is 0 Å². The zero-order chi connectivity index (χ0) is 38.9. The van der Waals surface area contributed by atoms with Crippen molar-refractivity contribution < 1.29 is 25.2 Å². The van der Waals surface area contributed by atoms with Crippen molar-refractivity contribution in [1.82, 2.24) is 5.32 Å². The number of aliphatic hydroxyl groups is 4. The molecule has 0 aliphatic heterocycles. The van der Waals surface area contributed by atoms with Crippen LogP contribution in [0.15, 0.2) is 48.6 Å². The number of amides is 1. The van der Waals surface area contributed by atoms with Crippen molar-refractivity contribution in [3.8, 4) is 0 Å². The monoisotopic (exact) mass is 746 g/mol. The van der Waals surface area contributed by atoms with Crippen molar-refractivity contribution in [2.45, 2.75) is 237 Å². The maximum absolute atomic E-state index is 12.4. The minimum atomic E-state index is -1.30. The van der Waals surface area contributed by atoms with Gasteiger partial charge in [-0.05, 0) is 83.5 Å². The predicted molar refractivity (Wildman–Crippen MR) is 228 cm³/mol. The number of aliphatic hydroxyl groups excluding tert-OH is 4. The molecule has 0 saturated heterocycles. The van der Waals surface area contributed by atoms with Crippen LogP contribution in [0.5, 0.6) is 0 Å². The van der Waals surface area contributed by atoms with Crippen LogP contribution in [-0.4, -0.2) is 57.3 Å². The van der Waals surface area contributed by atoms with Gasteiger partial charge in [0, 0.05) is 0 Å². The molecule has 0 radical (unpaired) electrons. The van der Waals surface area contributed by atoms with Crippen LogP contribution in [0.4, 0.5) is 0 Å². The Morgan fingerprint density at radius 1 is 0.453 bits per heavy atom. The summed E-state index contributed by atoms with van der Waals surface area (Å²) in [5.74, 6) is -0.617. The number of carbonyl (C=O) groups excluding carboxylic acids is 1. The Labute approximate surface area is 328 Å². The SMILES string of the molecule is CCCC/C=C\CCCCCC(O)C(=O)NC(CO)C(O)C(O)CCC/C=C/CC/C=C/CC/C=C/CCCCCCCCCCCCCCCCC. The van der Waals surface area contributed by atoms with Crippen molar-refractivity contribution in [3.63, 3.8) is 0 Å². The number of unbranched alkanes of at least 4 members (excludes halogenated alkanes) is 23. The highest BCUT2D eigenvalue weighted by Gasteiger charge is 2.28. The molecule has 0 heterocycles. The highest BCUT2D eigenvalue weighted by molar-refractivity contribution is 5.80. The molecule has 0 rings (SSSR count). The van der Waals surface area contributed by atoms with Gasteiger partial charge in [0.15, 0.2) is 0 Å². The van der Waals surface area contributed by atoms with E-state index < -0.39 is 36.9 Å².